The van der Waals surface area contributed by atoms with Gasteiger partial charge in [-0.1, -0.05) is 24.3 Å². The predicted octanol–water partition coefficient (Wildman–Crippen LogP) is 2.37. The standard InChI is InChI=1S/C15H16N2O3.ClH/c18-15(19)13-6-2-1-5-12(13)11-16-9-10-20-14-7-3-4-8-17-14;/h1-8,16H,9-11H2,(H,18,19);1H. The van der Waals surface area contributed by atoms with E-state index in [1.165, 1.54) is 0 Å². The summed E-state index contributed by atoms with van der Waals surface area (Å²) in [6.07, 6.45) is 1.67. The minimum atomic E-state index is -0.910. The first kappa shape index (κ1) is 16.9. The Balaban J connectivity index is 0.00000220. The number of benzene rings is 1. The fraction of sp³-hybridized carbons (Fsp3) is 0.200. The van der Waals surface area contributed by atoms with Crippen LogP contribution >= 0.6 is 12.4 Å². The Hall–Kier alpha value is -2.11. The second kappa shape index (κ2) is 8.94. The Morgan fingerprint density at radius 3 is 2.67 bits per heavy atom. The van der Waals surface area contributed by atoms with Crippen LogP contribution in [0.1, 0.15) is 15.9 Å². The molecule has 0 spiro atoms. The summed E-state index contributed by atoms with van der Waals surface area (Å²) in [5, 5.41) is 12.2. The van der Waals surface area contributed by atoms with Crippen molar-refractivity contribution in [2.75, 3.05) is 13.2 Å². The third-order valence-corrected chi connectivity index (χ3v) is 2.73. The van der Waals surface area contributed by atoms with Gasteiger partial charge in [-0.15, -0.1) is 12.4 Å². The molecule has 1 heterocycles. The molecule has 1 aromatic heterocycles. The van der Waals surface area contributed by atoms with Gasteiger partial charge >= 0.3 is 5.97 Å². The summed E-state index contributed by atoms with van der Waals surface area (Å²) in [5.74, 6) is -0.327. The lowest BCUT2D eigenvalue weighted by Gasteiger charge is -2.08. The average Bonchev–Trinajstić information content (AvgIpc) is 2.48. The van der Waals surface area contributed by atoms with E-state index in [4.69, 9.17) is 9.84 Å². The van der Waals surface area contributed by atoms with Gasteiger partial charge in [-0.05, 0) is 17.7 Å². The van der Waals surface area contributed by atoms with Gasteiger partial charge in [-0.3, -0.25) is 0 Å². The quantitative estimate of drug-likeness (QED) is 0.768. The van der Waals surface area contributed by atoms with Gasteiger partial charge < -0.3 is 15.2 Å². The molecule has 0 fully saturated rings. The fourth-order valence-electron chi connectivity index (χ4n) is 1.77. The number of ether oxygens (including phenoxy) is 1. The van der Waals surface area contributed by atoms with Crippen LogP contribution in [0.4, 0.5) is 0 Å². The van der Waals surface area contributed by atoms with E-state index in [9.17, 15) is 4.79 Å². The maximum Gasteiger partial charge on any atom is 0.336 e. The molecule has 5 nitrogen and oxygen atoms in total. The number of carbonyl (C=O) groups is 1. The first-order chi connectivity index (χ1) is 9.77. The molecule has 112 valence electrons. The molecule has 2 rings (SSSR count). The second-order valence-corrected chi connectivity index (χ2v) is 4.16. The van der Waals surface area contributed by atoms with E-state index in [0.717, 1.165) is 5.56 Å². The molecular weight excluding hydrogens is 292 g/mol. The predicted molar refractivity (Wildman–Crippen MR) is 82.1 cm³/mol. The van der Waals surface area contributed by atoms with Gasteiger partial charge in [0.25, 0.3) is 0 Å². The Morgan fingerprint density at radius 1 is 1.19 bits per heavy atom. The fourth-order valence-corrected chi connectivity index (χ4v) is 1.77. The van der Waals surface area contributed by atoms with Crippen molar-refractivity contribution >= 4 is 18.4 Å². The van der Waals surface area contributed by atoms with Crippen molar-refractivity contribution in [1.29, 1.82) is 0 Å². The monoisotopic (exact) mass is 308 g/mol. The molecule has 2 aromatic rings. The van der Waals surface area contributed by atoms with Crippen LogP contribution in [0.3, 0.4) is 0 Å². The van der Waals surface area contributed by atoms with Gasteiger partial charge in [0.1, 0.15) is 6.61 Å². The molecule has 1 aromatic carbocycles. The lowest BCUT2D eigenvalue weighted by molar-refractivity contribution is 0.0695. The Labute approximate surface area is 129 Å². The van der Waals surface area contributed by atoms with Crippen molar-refractivity contribution in [2.24, 2.45) is 0 Å². The van der Waals surface area contributed by atoms with Crippen LogP contribution in [0.15, 0.2) is 48.7 Å². The summed E-state index contributed by atoms with van der Waals surface area (Å²) in [7, 11) is 0. The molecule has 0 saturated heterocycles. The molecule has 0 aliphatic heterocycles. The van der Waals surface area contributed by atoms with E-state index in [1.807, 2.05) is 18.2 Å². The molecule has 21 heavy (non-hydrogen) atoms. The van der Waals surface area contributed by atoms with Crippen LogP contribution in [0.5, 0.6) is 5.88 Å². The molecule has 0 saturated carbocycles. The molecule has 0 radical (unpaired) electrons. The second-order valence-electron chi connectivity index (χ2n) is 4.16. The first-order valence-corrected chi connectivity index (χ1v) is 6.33. The minimum absolute atomic E-state index is 0. The van der Waals surface area contributed by atoms with E-state index in [-0.39, 0.29) is 12.4 Å². The van der Waals surface area contributed by atoms with Gasteiger partial charge in [-0.2, -0.15) is 0 Å². The topological polar surface area (TPSA) is 71.5 Å². The van der Waals surface area contributed by atoms with Crippen molar-refractivity contribution in [2.45, 2.75) is 6.54 Å². The Morgan fingerprint density at radius 2 is 1.95 bits per heavy atom. The molecule has 2 N–H and O–H groups in total. The number of halogens is 1. The summed E-state index contributed by atoms with van der Waals surface area (Å²) >= 11 is 0. The van der Waals surface area contributed by atoms with Crippen LogP contribution in [-0.2, 0) is 6.54 Å². The highest BCUT2D eigenvalue weighted by Gasteiger charge is 2.07. The van der Waals surface area contributed by atoms with Gasteiger partial charge in [0.2, 0.25) is 5.88 Å². The van der Waals surface area contributed by atoms with E-state index in [0.29, 0.717) is 31.1 Å². The number of hydrogen-bond acceptors (Lipinski definition) is 4. The maximum absolute atomic E-state index is 11.0. The molecular formula is C15H17ClN2O3. The molecule has 0 atom stereocenters. The Bertz CT molecular complexity index is 564. The van der Waals surface area contributed by atoms with Gasteiger partial charge in [-0.25, -0.2) is 9.78 Å². The van der Waals surface area contributed by atoms with Crippen LogP contribution in [0.2, 0.25) is 0 Å². The van der Waals surface area contributed by atoms with Crippen molar-refractivity contribution in [3.05, 3.63) is 59.8 Å². The SMILES string of the molecule is Cl.O=C(O)c1ccccc1CNCCOc1ccccn1. The van der Waals surface area contributed by atoms with E-state index < -0.39 is 5.97 Å². The minimum Gasteiger partial charge on any atom is -0.478 e. The number of nitrogens with one attached hydrogen (secondary N) is 1. The highest BCUT2D eigenvalue weighted by Crippen LogP contribution is 2.08. The molecule has 0 bridgehead atoms. The number of rotatable bonds is 7. The zero-order valence-electron chi connectivity index (χ0n) is 11.4. The smallest absolute Gasteiger partial charge is 0.336 e. The van der Waals surface area contributed by atoms with Crippen LogP contribution in [0, 0.1) is 0 Å². The number of carboxylic acids is 1. The largest absolute Gasteiger partial charge is 0.478 e. The first-order valence-electron chi connectivity index (χ1n) is 6.33. The van der Waals surface area contributed by atoms with Crippen molar-refractivity contribution in [1.82, 2.24) is 10.3 Å². The number of aromatic carboxylic acids is 1. The summed E-state index contributed by atoms with van der Waals surface area (Å²) in [6.45, 7) is 1.59. The molecule has 6 heteroatoms. The maximum atomic E-state index is 11.0. The normalized spacial score (nSPS) is 9.71. The number of nitrogens with zero attached hydrogens (tertiary/aromatic N) is 1. The van der Waals surface area contributed by atoms with Crippen molar-refractivity contribution in [3.63, 3.8) is 0 Å². The van der Waals surface area contributed by atoms with Crippen molar-refractivity contribution in [3.8, 4) is 5.88 Å². The molecule has 0 aliphatic carbocycles. The highest BCUT2D eigenvalue weighted by atomic mass is 35.5. The zero-order valence-corrected chi connectivity index (χ0v) is 12.2. The third kappa shape index (κ3) is 5.41. The van der Waals surface area contributed by atoms with Crippen LogP contribution in [-0.4, -0.2) is 29.2 Å². The number of aromatic nitrogens is 1. The van der Waals surface area contributed by atoms with Crippen molar-refractivity contribution < 1.29 is 14.6 Å². The zero-order chi connectivity index (χ0) is 14.2. The molecule has 0 aliphatic rings. The summed E-state index contributed by atoms with van der Waals surface area (Å²) in [6, 6.07) is 12.4. The summed E-state index contributed by atoms with van der Waals surface area (Å²) < 4.78 is 5.43. The van der Waals surface area contributed by atoms with Gasteiger partial charge in [0, 0.05) is 25.4 Å². The molecule has 0 amide bonds. The number of carboxylic acid groups (broad SMARTS) is 1. The molecule has 0 unspecified atom stereocenters. The van der Waals surface area contributed by atoms with E-state index in [2.05, 4.69) is 10.3 Å². The highest BCUT2D eigenvalue weighted by molar-refractivity contribution is 5.89. The number of pyridine rings is 1. The van der Waals surface area contributed by atoms with Crippen LogP contribution < -0.4 is 10.1 Å². The van der Waals surface area contributed by atoms with Gasteiger partial charge in [0.15, 0.2) is 0 Å². The van der Waals surface area contributed by atoms with Crippen LogP contribution in [0.25, 0.3) is 0 Å². The van der Waals surface area contributed by atoms with E-state index >= 15 is 0 Å². The number of hydrogen-bond donors (Lipinski definition) is 2. The lowest BCUT2D eigenvalue weighted by Crippen LogP contribution is -2.22. The van der Waals surface area contributed by atoms with Gasteiger partial charge in [0.05, 0.1) is 5.56 Å². The summed E-state index contributed by atoms with van der Waals surface area (Å²) in [5.41, 5.74) is 1.09. The average molecular weight is 309 g/mol. The lowest BCUT2D eigenvalue weighted by atomic mass is 10.1. The Kier molecular flexibility index (Phi) is 7.21. The summed E-state index contributed by atoms with van der Waals surface area (Å²) in [4.78, 5) is 15.1. The van der Waals surface area contributed by atoms with E-state index in [1.54, 1.807) is 30.5 Å². The third-order valence-electron chi connectivity index (χ3n) is 2.73.